The molecule has 1 heterocycles. The summed E-state index contributed by atoms with van der Waals surface area (Å²) < 4.78 is 5.46. The van der Waals surface area contributed by atoms with Crippen molar-refractivity contribution < 1.29 is 4.74 Å². The third-order valence-corrected chi connectivity index (χ3v) is 2.17. The Kier molecular flexibility index (Phi) is 3.12. The zero-order valence-electron chi connectivity index (χ0n) is 8.72. The van der Waals surface area contributed by atoms with Gasteiger partial charge in [0, 0.05) is 11.8 Å². The van der Waals surface area contributed by atoms with Crippen LogP contribution in [-0.4, -0.2) is 4.98 Å². The second-order valence-corrected chi connectivity index (χ2v) is 3.69. The third-order valence-electron chi connectivity index (χ3n) is 1.98. The molecule has 0 unspecified atom stereocenters. The van der Waals surface area contributed by atoms with Gasteiger partial charge < -0.3 is 10.5 Å². The zero-order chi connectivity index (χ0) is 12.3. The summed E-state index contributed by atoms with van der Waals surface area (Å²) in [5.74, 6) is 0.809. The fourth-order valence-electron chi connectivity index (χ4n) is 1.29. The van der Waals surface area contributed by atoms with E-state index in [2.05, 4.69) is 4.98 Å². The number of nitriles is 1. The van der Waals surface area contributed by atoms with E-state index in [1.807, 2.05) is 6.07 Å². The lowest BCUT2D eigenvalue weighted by atomic mass is 10.2. The van der Waals surface area contributed by atoms with Crippen molar-refractivity contribution in [1.29, 1.82) is 5.26 Å². The molecule has 2 N–H and O–H groups in total. The van der Waals surface area contributed by atoms with Gasteiger partial charge in [0.2, 0.25) is 5.88 Å². The number of nitrogens with two attached hydrogens (primary N) is 1. The van der Waals surface area contributed by atoms with Gasteiger partial charge >= 0.3 is 0 Å². The van der Waals surface area contributed by atoms with E-state index in [0.29, 0.717) is 22.9 Å². The summed E-state index contributed by atoms with van der Waals surface area (Å²) in [5.41, 5.74) is 6.59. The Balaban J connectivity index is 2.28. The van der Waals surface area contributed by atoms with E-state index in [0.717, 1.165) is 0 Å². The van der Waals surface area contributed by atoms with Crippen LogP contribution in [0.5, 0.6) is 11.6 Å². The molecule has 0 aliphatic heterocycles. The number of ether oxygens (including phenoxy) is 1. The zero-order valence-corrected chi connectivity index (χ0v) is 9.48. The molecule has 2 aromatic rings. The van der Waals surface area contributed by atoms with E-state index in [1.165, 1.54) is 6.07 Å². The quantitative estimate of drug-likeness (QED) is 0.826. The number of benzene rings is 1. The fourth-order valence-corrected chi connectivity index (χ4v) is 1.50. The Hall–Kier alpha value is -2.25. The van der Waals surface area contributed by atoms with Crippen molar-refractivity contribution >= 4 is 17.3 Å². The number of hydrogen-bond acceptors (Lipinski definition) is 4. The van der Waals surface area contributed by atoms with Gasteiger partial charge in [0.15, 0.2) is 0 Å². The van der Waals surface area contributed by atoms with Crippen LogP contribution < -0.4 is 10.5 Å². The first-order chi connectivity index (χ1) is 8.17. The molecule has 0 aliphatic carbocycles. The van der Waals surface area contributed by atoms with E-state index < -0.39 is 0 Å². The maximum Gasteiger partial charge on any atom is 0.222 e. The van der Waals surface area contributed by atoms with Crippen LogP contribution in [0.2, 0.25) is 5.15 Å². The Morgan fingerprint density at radius 2 is 2.12 bits per heavy atom. The van der Waals surface area contributed by atoms with E-state index in [-0.39, 0.29) is 5.15 Å². The number of pyridine rings is 1. The van der Waals surface area contributed by atoms with Gasteiger partial charge in [-0.1, -0.05) is 17.7 Å². The molecule has 0 spiro atoms. The molecule has 0 fully saturated rings. The first-order valence-electron chi connectivity index (χ1n) is 4.78. The van der Waals surface area contributed by atoms with Crippen molar-refractivity contribution in [1.82, 2.24) is 4.98 Å². The monoisotopic (exact) mass is 245 g/mol. The predicted octanol–water partition coefficient (Wildman–Crippen LogP) is 2.98. The minimum Gasteiger partial charge on any atom is -0.439 e. The Morgan fingerprint density at radius 1 is 1.29 bits per heavy atom. The Morgan fingerprint density at radius 3 is 2.82 bits per heavy atom. The van der Waals surface area contributed by atoms with Gasteiger partial charge in [0.05, 0.1) is 11.6 Å². The molecular formula is C12H8ClN3O. The van der Waals surface area contributed by atoms with Crippen LogP contribution in [0.4, 0.5) is 5.69 Å². The number of halogens is 1. The summed E-state index contributed by atoms with van der Waals surface area (Å²) in [5, 5.41) is 9.01. The van der Waals surface area contributed by atoms with E-state index in [9.17, 15) is 0 Å². The first-order valence-corrected chi connectivity index (χ1v) is 5.16. The van der Waals surface area contributed by atoms with Gasteiger partial charge in [0.1, 0.15) is 10.9 Å². The van der Waals surface area contributed by atoms with Crippen LogP contribution in [0.1, 0.15) is 5.56 Å². The van der Waals surface area contributed by atoms with E-state index in [4.69, 9.17) is 27.3 Å². The molecule has 4 nitrogen and oxygen atoms in total. The van der Waals surface area contributed by atoms with Crippen LogP contribution in [0.25, 0.3) is 0 Å². The SMILES string of the molecule is N#Cc1cccc(Oc2cc(N)cc(Cl)n2)c1. The van der Waals surface area contributed by atoms with E-state index in [1.54, 1.807) is 30.3 Å². The summed E-state index contributed by atoms with van der Waals surface area (Å²) >= 11 is 5.75. The Bertz CT molecular complexity index is 572. The number of nitrogen functional groups attached to an aromatic ring is 1. The topological polar surface area (TPSA) is 71.9 Å². The first kappa shape index (κ1) is 11.2. The second kappa shape index (κ2) is 4.73. The fraction of sp³-hybridized carbons (Fsp3) is 0. The summed E-state index contributed by atoms with van der Waals surface area (Å²) in [4.78, 5) is 3.97. The minimum absolute atomic E-state index is 0.261. The lowest BCUT2D eigenvalue weighted by Gasteiger charge is -2.05. The molecule has 17 heavy (non-hydrogen) atoms. The standard InChI is InChI=1S/C12H8ClN3O/c13-11-5-9(15)6-12(16-11)17-10-3-1-2-8(4-10)7-14/h1-6H,(H2,15,16). The van der Waals surface area contributed by atoms with Crippen molar-refractivity contribution in [2.24, 2.45) is 0 Å². The molecule has 0 saturated carbocycles. The van der Waals surface area contributed by atoms with Gasteiger partial charge in [0.25, 0.3) is 0 Å². The van der Waals surface area contributed by atoms with Crippen molar-refractivity contribution in [2.45, 2.75) is 0 Å². The highest BCUT2D eigenvalue weighted by Crippen LogP contribution is 2.24. The molecule has 0 atom stereocenters. The maximum atomic E-state index is 8.75. The lowest BCUT2D eigenvalue weighted by molar-refractivity contribution is 0.463. The number of rotatable bonds is 2. The summed E-state index contributed by atoms with van der Waals surface area (Å²) in [7, 11) is 0. The maximum absolute atomic E-state index is 8.75. The van der Waals surface area contributed by atoms with Gasteiger partial charge in [-0.2, -0.15) is 5.26 Å². The van der Waals surface area contributed by atoms with Crippen LogP contribution >= 0.6 is 11.6 Å². The Labute approximate surface area is 103 Å². The smallest absolute Gasteiger partial charge is 0.222 e. The number of nitrogens with zero attached hydrogens (tertiary/aromatic N) is 2. The van der Waals surface area contributed by atoms with Gasteiger partial charge in [-0.15, -0.1) is 0 Å². The molecule has 1 aromatic carbocycles. The molecule has 5 heteroatoms. The molecule has 84 valence electrons. The summed E-state index contributed by atoms with van der Waals surface area (Å²) in [6.45, 7) is 0. The van der Waals surface area contributed by atoms with Crippen LogP contribution in [0.3, 0.4) is 0 Å². The van der Waals surface area contributed by atoms with Gasteiger partial charge in [-0.3, -0.25) is 0 Å². The molecule has 2 rings (SSSR count). The van der Waals surface area contributed by atoms with Crippen molar-refractivity contribution in [3.8, 4) is 17.7 Å². The van der Waals surface area contributed by atoms with Crippen LogP contribution in [0.15, 0.2) is 36.4 Å². The number of anilines is 1. The molecular weight excluding hydrogens is 238 g/mol. The summed E-state index contributed by atoms with van der Waals surface area (Å²) in [6.07, 6.45) is 0. The van der Waals surface area contributed by atoms with Crippen LogP contribution in [-0.2, 0) is 0 Å². The van der Waals surface area contributed by atoms with Crippen molar-refractivity contribution in [3.05, 3.63) is 47.1 Å². The van der Waals surface area contributed by atoms with Crippen LogP contribution in [0, 0.1) is 11.3 Å². The molecule has 0 radical (unpaired) electrons. The van der Waals surface area contributed by atoms with Gasteiger partial charge in [-0.05, 0) is 24.3 Å². The second-order valence-electron chi connectivity index (χ2n) is 3.30. The highest BCUT2D eigenvalue weighted by Gasteiger charge is 2.02. The average Bonchev–Trinajstić information content (AvgIpc) is 2.28. The number of hydrogen-bond donors (Lipinski definition) is 1. The van der Waals surface area contributed by atoms with Crippen molar-refractivity contribution in [3.63, 3.8) is 0 Å². The molecule has 0 amide bonds. The lowest BCUT2D eigenvalue weighted by Crippen LogP contribution is -1.92. The predicted molar refractivity (Wildman–Crippen MR) is 64.9 cm³/mol. The molecule has 0 saturated heterocycles. The van der Waals surface area contributed by atoms with E-state index >= 15 is 0 Å². The van der Waals surface area contributed by atoms with Gasteiger partial charge in [-0.25, -0.2) is 4.98 Å². The highest BCUT2D eigenvalue weighted by atomic mass is 35.5. The normalized spacial score (nSPS) is 9.65. The molecule has 0 aliphatic rings. The molecule has 1 aromatic heterocycles. The molecule has 0 bridgehead atoms. The minimum atomic E-state index is 0.261. The third kappa shape index (κ3) is 2.86. The highest BCUT2D eigenvalue weighted by molar-refractivity contribution is 6.29. The average molecular weight is 246 g/mol. The number of aromatic nitrogens is 1. The largest absolute Gasteiger partial charge is 0.439 e. The summed E-state index contributed by atoms with van der Waals surface area (Å²) in [6, 6.07) is 11.9. The van der Waals surface area contributed by atoms with Crippen molar-refractivity contribution in [2.75, 3.05) is 5.73 Å².